The number of Topliss-reactive ketones (excluding diaryl/α,β-unsaturated/α-hetero) is 1. The molecule has 1 atom stereocenters. The lowest BCUT2D eigenvalue weighted by atomic mass is 10.1. The molecule has 0 radical (unpaired) electrons. The van der Waals surface area contributed by atoms with Crippen LogP contribution in [0.3, 0.4) is 0 Å². The summed E-state index contributed by atoms with van der Waals surface area (Å²) >= 11 is 0. The Kier molecular flexibility index (Phi) is 15.1. The molecule has 0 fully saturated rings. The normalized spacial score (nSPS) is 13.2. The van der Waals surface area contributed by atoms with E-state index in [0.29, 0.717) is 32.1 Å². The Hall–Kier alpha value is -1.68. The van der Waals surface area contributed by atoms with E-state index in [4.69, 9.17) is 5.11 Å². The number of carbonyl (C=O) groups is 2. The van der Waals surface area contributed by atoms with Crippen LogP contribution in [-0.2, 0) is 9.59 Å². The van der Waals surface area contributed by atoms with Crippen molar-refractivity contribution in [3.63, 3.8) is 0 Å². The molecule has 0 aromatic carbocycles. The quantitative estimate of drug-likeness (QED) is 0.260. The molecule has 24 heavy (non-hydrogen) atoms. The number of unbranched alkanes of at least 4 members (excludes halogenated alkanes) is 3. The van der Waals surface area contributed by atoms with Crippen molar-refractivity contribution in [3.8, 4) is 0 Å². The standard InChI is InChI=1S/C20H32O4/c1-2-3-4-5-6-9-13-18(21)14-10-7-8-11-15-19(22)16-12-17-20(23)24/h6-9,11,15,19,22H,2-5,10,12-14,16-17H2,1H3,(H,23,24)/b8-7+,9-6-,15-11-/t19-/m1/s1. The molecule has 0 aliphatic carbocycles. The smallest absolute Gasteiger partial charge is 0.303 e. The van der Waals surface area contributed by atoms with Gasteiger partial charge in [-0.1, -0.05) is 56.2 Å². The summed E-state index contributed by atoms with van der Waals surface area (Å²) in [5.74, 6) is -0.601. The Bertz CT molecular complexity index is 421. The molecule has 0 saturated carbocycles. The number of carbonyl (C=O) groups excluding carboxylic acids is 1. The fourth-order valence-electron chi connectivity index (χ4n) is 2.12. The molecule has 0 aliphatic rings. The molecule has 136 valence electrons. The lowest BCUT2D eigenvalue weighted by molar-refractivity contribution is -0.137. The van der Waals surface area contributed by atoms with Gasteiger partial charge < -0.3 is 10.2 Å². The Morgan fingerprint density at radius 1 is 0.958 bits per heavy atom. The van der Waals surface area contributed by atoms with E-state index in [0.717, 1.165) is 6.42 Å². The molecule has 4 nitrogen and oxygen atoms in total. The van der Waals surface area contributed by atoms with Crippen molar-refractivity contribution < 1.29 is 19.8 Å². The minimum atomic E-state index is -0.841. The fraction of sp³-hybridized carbons (Fsp3) is 0.600. The van der Waals surface area contributed by atoms with Gasteiger partial charge in [0.2, 0.25) is 0 Å². The van der Waals surface area contributed by atoms with Crippen LogP contribution in [-0.4, -0.2) is 28.1 Å². The molecule has 4 heteroatoms. The molecule has 0 aliphatic heterocycles. The number of aliphatic carboxylic acids is 1. The molecule has 0 saturated heterocycles. The summed E-state index contributed by atoms with van der Waals surface area (Å²) in [6.07, 6.45) is 18.0. The molecule has 0 rings (SSSR count). The van der Waals surface area contributed by atoms with E-state index < -0.39 is 12.1 Å². The lowest BCUT2D eigenvalue weighted by Gasteiger charge is -2.02. The molecule has 0 amide bonds. The van der Waals surface area contributed by atoms with Gasteiger partial charge in [-0.15, -0.1) is 0 Å². The Labute approximate surface area is 146 Å². The number of rotatable bonds is 15. The van der Waals surface area contributed by atoms with Gasteiger partial charge in [0.15, 0.2) is 0 Å². The van der Waals surface area contributed by atoms with Gasteiger partial charge in [-0.25, -0.2) is 0 Å². The van der Waals surface area contributed by atoms with Gasteiger partial charge in [-0.3, -0.25) is 9.59 Å². The minimum Gasteiger partial charge on any atom is -0.481 e. The number of allylic oxidation sites excluding steroid dienone is 5. The maximum atomic E-state index is 11.7. The van der Waals surface area contributed by atoms with E-state index in [-0.39, 0.29) is 12.2 Å². The van der Waals surface area contributed by atoms with Crippen LogP contribution in [0.25, 0.3) is 0 Å². The van der Waals surface area contributed by atoms with E-state index in [9.17, 15) is 14.7 Å². The van der Waals surface area contributed by atoms with Crippen molar-refractivity contribution in [1.82, 2.24) is 0 Å². The van der Waals surface area contributed by atoms with E-state index in [1.165, 1.54) is 19.3 Å². The third-order valence-electron chi connectivity index (χ3n) is 3.55. The van der Waals surface area contributed by atoms with Crippen LogP contribution < -0.4 is 0 Å². The van der Waals surface area contributed by atoms with Gasteiger partial charge in [0, 0.05) is 19.3 Å². The van der Waals surface area contributed by atoms with Crippen LogP contribution in [0.2, 0.25) is 0 Å². The lowest BCUT2D eigenvalue weighted by Crippen LogP contribution is -2.03. The van der Waals surface area contributed by atoms with E-state index in [1.807, 2.05) is 18.2 Å². The SMILES string of the molecule is CCCCC/C=C\CC(=O)CC/C=C/C=C\[C@@H](O)CCCC(=O)O. The number of hydrogen-bond acceptors (Lipinski definition) is 3. The zero-order chi connectivity index (χ0) is 18.0. The summed E-state index contributed by atoms with van der Waals surface area (Å²) in [5, 5.41) is 18.1. The van der Waals surface area contributed by atoms with Crippen LogP contribution >= 0.6 is 0 Å². The summed E-state index contributed by atoms with van der Waals surface area (Å²) in [4.78, 5) is 22.0. The van der Waals surface area contributed by atoms with E-state index in [1.54, 1.807) is 12.2 Å². The first kappa shape index (κ1) is 22.3. The number of carboxylic acids is 1. The monoisotopic (exact) mass is 336 g/mol. The summed E-state index contributed by atoms with van der Waals surface area (Å²) in [7, 11) is 0. The van der Waals surface area contributed by atoms with Gasteiger partial charge in [0.25, 0.3) is 0 Å². The van der Waals surface area contributed by atoms with Gasteiger partial charge in [0.1, 0.15) is 5.78 Å². The summed E-state index contributed by atoms with van der Waals surface area (Å²) in [6, 6.07) is 0. The summed E-state index contributed by atoms with van der Waals surface area (Å²) in [5.41, 5.74) is 0. The molecule has 0 heterocycles. The molecule has 0 spiro atoms. The number of ketones is 1. The molecule has 0 bridgehead atoms. The van der Waals surface area contributed by atoms with Crippen LogP contribution in [0.15, 0.2) is 36.5 Å². The topological polar surface area (TPSA) is 74.6 Å². The zero-order valence-electron chi connectivity index (χ0n) is 14.8. The number of carboxylic acid groups (broad SMARTS) is 1. The first-order valence-corrected chi connectivity index (χ1v) is 8.96. The average Bonchev–Trinajstić information content (AvgIpc) is 2.53. The molecule has 0 aromatic rings. The van der Waals surface area contributed by atoms with Gasteiger partial charge in [0.05, 0.1) is 6.10 Å². The van der Waals surface area contributed by atoms with Crippen molar-refractivity contribution in [3.05, 3.63) is 36.5 Å². The highest BCUT2D eigenvalue weighted by Gasteiger charge is 2.01. The second-order valence-electron chi connectivity index (χ2n) is 5.92. The third kappa shape index (κ3) is 16.7. The van der Waals surface area contributed by atoms with Crippen LogP contribution in [0, 0.1) is 0 Å². The highest BCUT2D eigenvalue weighted by atomic mass is 16.4. The van der Waals surface area contributed by atoms with Crippen molar-refractivity contribution in [2.24, 2.45) is 0 Å². The van der Waals surface area contributed by atoms with Gasteiger partial charge in [-0.05, 0) is 32.1 Å². The number of aliphatic hydroxyl groups is 1. The number of hydrogen-bond donors (Lipinski definition) is 2. The number of aliphatic hydroxyl groups excluding tert-OH is 1. The zero-order valence-corrected chi connectivity index (χ0v) is 14.8. The largest absolute Gasteiger partial charge is 0.481 e. The Morgan fingerprint density at radius 2 is 1.75 bits per heavy atom. The predicted octanol–water partition coefficient (Wildman–Crippen LogP) is 4.59. The van der Waals surface area contributed by atoms with Gasteiger partial charge >= 0.3 is 5.97 Å². The molecule has 2 N–H and O–H groups in total. The van der Waals surface area contributed by atoms with Crippen LogP contribution in [0.1, 0.15) is 71.1 Å². The predicted molar refractivity (Wildman–Crippen MR) is 97.9 cm³/mol. The second kappa shape index (κ2) is 16.2. The molecule has 0 aromatic heterocycles. The van der Waals surface area contributed by atoms with Gasteiger partial charge in [-0.2, -0.15) is 0 Å². The summed E-state index contributed by atoms with van der Waals surface area (Å²) in [6.45, 7) is 2.18. The third-order valence-corrected chi connectivity index (χ3v) is 3.55. The Balaban J connectivity index is 3.67. The summed E-state index contributed by atoms with van der Waals surface area (Å²) < 4.78 is 0. The van der Waals surface area contributed by atoms with E-state index >= 15 is 0 Å². The fourth-order valence-corrected chi connectivity index (χ4v) is 2.12. The van der Waals surface area contributed by atoms with Crippen molar-refractivity contribution in [2.75, 3.05) is 0 Å². The van der Waals surface area contributed by atoms with Crippen molar-refractivity contribution in [1.29, 1.82) is 0 Å². The molecular weight excluding hydrogens is 304 g/mol. The second-order valence-corrected chi connectivity index (χ2v) is 5.92. The van der Waals surface area contributed by atoms with Crippen molar-refractivity contribution in [2.45, 2.75) is 77.2 Å². The minimum absolute atomic E-state index is 0.0793. The molecule has 0 unspecified atom stereocenters. The Morgan fingerprint density at radius 3 is 2.46 bits per heavy atom. The maximum Gasteiger partial charge on any atom is 0.303 e. The first-order valence-electron chi connectivity index (χ1n) is 8.96. The van der Waals surface area contributed by atoms with Crippen molar-refractivity contribution >= 4 is 11.8 Å². The van der Waals surface area contributed by atoms with Crippen LogP contribution in [0.5, 0.6) is 0 Å². The van der Waals surface area contributed by atoms with Crippen LogP contribution in [0.4, 0.5) is 0 Å². The maximum absolute atomic E-state index is 11.7. The first-order chi connectivity index (χ1) is 11.6. The highest BCUT2D eigenvalue weighted by Crippen LogP contribution is 2.04. The molecular formula is C20H32O4. The average molecular weight is 336 g/mol. The highest BCUT2D eigenvalue weighted by molar-refractivity contribution is 5.79. The van der Waals surface area contributed by atoms with E-state index in [2.05, 4.69) is 13.0 Å².